The van der Waals surface area contributed by atoms with Crippen LogP contribution in [0.15, 0.2) is 6.20 Å². The normalized spacial score (nSPS) is 12.3. The zero-order valence-electron chi connectivity index (χ0n) is 13.9. The predicted molar refractivity (Wildman–Crippen MR) is 86.7 cm³/mol. The number of unbranched alkanes of at least 4 members (excludes halogenated alkanes) is 2. The van der Waals surface area contributed by atoms with Crippen molar-refractivity contribution in [3.05, 3.63) is 17.7 Å². The summed E-state index contributed by atoms with van der Waals surface area (Å²) in [6.07, 6.45) is 6.20. The number of nitrogens with one attached hydrogen (secondary N) is 2. The molecule has 0 radical (unpaired) electrons. The van der Waals surface area contributed by atoms with Crippen LogP contribution in [0, 0.1) is 0 Å². The maximum atomic E-state index is 12.4. The summed E-state index contributed by atoms with van der Waals surface area (Å²) in [4.78, 5) is 21.1. The summed E-state index contributed by atoms with van der Waals surface area (Å²) in [6.45, 7) is 8.25. The maximum absolute atomic E-state index is 12.4. The summed E-state index contributed by atoms with van der Waals surface area (Å²) >= 11 is 0. The molecule has 0 aliphatic rings. The molecular weight excluding hydrogens is 264 g/mol. The molecule has 1 unspecified atom stereocenters. The molecule has 1 rings (SSSR count). The van der Waals surface area contributed by atoms with E-state index in [1.54, 1.807) is 13.2 Å². The van der Waals surface area contributed by atoms with E-state index < -0.39 is 0 Å². The lowest BCUT2D eigenvalue weighted by Gasteiger charge is -2.16. The molecule has 1 atom stereocenters. The van der Waals surface area contributed by atoms with E-state index in [1.165, 1.54) is 12.8 Å². The first-order valence-corrected chi connectivity index (χ1v) is 7.85. The second kappa shape index (κ2) is 8.60. The number of anilines is 1. The number of carbonyl (C=O) groups is 1. The van der Waals surface area contributed by atoms with E-state index in [1.807, 2.05) is 20.8 Å². The zero-order chi connectivity index (χ0) is 15.8. The van der Waals surface area contributed by atoms with Crippen LogP contribution in [0.4, 0.5) is 5.69 Å². The van der Waals surface area contributed by atoms with Crippen molar-refractivity contribution in [1.82, 2.24) is 15.3 Å². The molecule has 21 heavy (non-hydrogen) atoms. The Hall–Kier alpha value is -1.65. The largest absolute Gasteiger partial charge is 0.385 e. The fourth-order valence-corrected chi connectivity index (χ4v) is 2.09. The smallest absolute Gasteiger partial charge is 0.272 e. The van der Waals surface area contributed by atoms with Crippen LogP contribution in [-0.2, 0) is 0 Å². The highest BCUT2D eigenvalue weighted by Crippen LogP contribution is 2.16. The third kappa shape index (κ3) is 5.33. The van der Waals surface area contributed by atoms with Gasteiger partial charge in [-0.25, -0.2) is 9.97 Å². The molecule has 0 saturated heterocycles. The first-order chi connectivity index (χ1) is 9.99. The maximum Gasteiger partial charge on any atom is 0.272 e. The van der Waals surface area contributed by atoms with Gasteiger partial charge in [0, 0.05) is 19.0 Å². The lowest BCUT2D eigenvalue weighted by atomic mass is 10.1. The van der Waals surface area contributed by atoms with E-state index in [9.17, 15) is 4.79 Å². The van der Waals surface area contributed by atoms with E-state index in [0.29, 0.717) is 17.2 Å². The molecule has 5 heteroatoms. The fourth-order valence-electron chi connectivity index (χ4n) is 2.09. The van der Waals surface area contributed by atoms with Gasteiger partial charge in [-0.15, -0.1) is 0 Å². The van der Waals surface area contributed by atoms with Crippen molar-refractivity contribution in [2.45, 2.75) is 65.3 Å². The number of aromatic nitrogens is 2. The van der Waals surface area contributed by atoms with Crippen molar-refractivity contribution in [3.63, 3.8) is 0 Å². The molecule has 2 N–H and O–H groups in total. The lowest BCUT2D eigenvalue weighted by molar-refractivity contribution is 0.0933. The van der Waals surface area contributed by atoms with Gasteiger partial charge in [-0.2, -0.15) is 0 Å². The van der Waals surface area contributed by atoms with Crippen molar-refractivity contribution in [1.29, 1.82) is 0 Å². The van der Waals surface area contributed by atoms with Gasteiger partial charge < -0.3 is 10.6 Å². The number of amides is 1. The SMILES string of the molecule is CCCCCC(C)NC(=O)c1nc(C(C)C)ncc1NC. The Balaban J connectivity index is 2.78. The molecule has 1 aromatic rings. The van der Waals surface area contributed by atoms with Gasteiger partial charge in [0.1, 0.15) is 5.82 Å². The Morgan fingerprint density at radius 3 is 2.57 bits per heavy atom. The van der Waals surface area contributed by atoms with Gasteiger partial charge >= 0.3 is 0 Å². The molecule has 0 fully saturated rings. The Morgan fingerprint density at radius 2 is 2.00 bits per heavy atom. The molecule has 0 aliphatic heterocycles. The number of rotatable bonds is 8. The van der Waals surface area contributed by atoms with Crippen LogP contribution in [0.1, 0.15) is 75.6 Å². The van der Waals surface area contributed by atoms with Crippen molar-refractivity contribution >= 4 is 11.6 Å². The molecule has 118 valence electrons. The van der Waals surface area contributed by atoms with Crippen LogP contribution < -0.4 is 10.6 Å². The van der Waals surface area contributed by atoms with Gasteiger partial charge in [-0.1, -0.05) is 40.0 Å². The van der Waals surface area contributed by atoms with E-state index in [-0.39, 0.29) is 17.9 Å². The minimum atomic E-state index is -0.132. The Labute approximate surface area is 128 Å². The standard InChI is InChI=1S/C16H28N4O/c1-6-7-8-9-12(4)19-16(21)14-13(17-5)10-18-15(20-14)11(2)3/h10-12,17H,6-9H2,1-5H3,(H,19,21). The number of nitrogens with zero attached hydrogens (tertiary/aromatic N) is 2. The molecule has 5 nitrogen and oxygen atoms in total. The molecular formula is C16H28N4O. The molecule has 0 spiro atoms. The van der Waals surface area contributed by atoms with Crippen LogP contribution in [-0.4, -0.2) is 29.0 Å². The highest BCUT2D eigenvalue weighted by Gasteiger charge is 2.17. The van der Waals surface area contributed by atoms with E-state index in [2.05, 4.69) is 27.5 Å². The van der Waals surface area contributed by atoms with Crippen molar-refractivity contribution in [3.8, 4) is 0 Å². The molecule has 1 amide bonds. The lowest BCUT2D eigenvalue weighted by Crippen LogP contribution is -2.33. The molecule has 0 aliphatic carbocycles. The van der Waals surface area contributed by atoms with Crippen LogP contribution >= 0.6 is 0 Å². The summed E-state index contributed by atoms with van der Waals surface area (Å²) in [5.41, 5.74) is 1.09. The third-order valence-electron chi connectivity index (χ3n) is 3.43. The molecule has 1 heterocycles. The third-order valence-corrected chi connectivity index (χ3v) is 3.43. The number of hydrogen-bond donors (Lipinski definition) is 2. The van der Waals surface area contributed by atoms with Gasteiger partial charge in [0.15, 0.2) is 5.69 Å². The molecule has 0 saturated carbocycles. The van der Waals surface area contributed by atoms with Gasteiger partial charge in [0.2, 0.25) is 0 Å². The number of carbonyl (C=O) groups excluding carboxylic acids is 1. The van der Waals surface area contributed by atoms with Gasteiger partial charge in [-0.3, -0.25) is 4.79 Å². The summed E-state index contributed by atoms with van der Waals surface area (Å²) in [6, 6.07) is 0.159. The van der Waals surface area contributed by atoms with Gasteiger partial charge in [0.05, 0.1) is 11.9 Å². The van der Waals surface area contributed by atoms with Crippen LogP contribution in [0.25, 0.3) is 0 Å². The fraction of sp³-hybridized carbons (Fsp3) is 0.688. The molecule has 0 aromatic carbocycles. The van der Waals surface area contributed by atoms with E-state index in [0.717, 1.165) is 12.8 Å². The predicted octanol–water partition coefficient (Wildman–Crippen LogP) is 3.34. The van der Waals surface area contributed by atoms with Crippen molar-refractivity contribution in [2.75, 3.05) is 12.4 Å². The van der Waals surface area contributed by atoms with Gasteiger partial charge in [0.25, 0.3) is 5.91 Å². The summed E-state index contributed by atoms with van der Waals surface area (Å²) in [5, 5.41) is 6.01. The Morgan fingerprint density at radius 1 is 1.29 bits per heavy atom. The minimum Gasteiger partial charge on any atom is -0.385 e. The Kier molecular flexibility index (Phi) is 7.12. The summed E-state index contributed by atoms with van der Waals surface area (Å²) in [7, 11) is 1.77. The zero-order valence-corrected chi connectivity index (χ0v) is 13.9. The Bertz CT molecular complexity index is 460. The van der Waals surface area contributed by atoms with E-state index >= 15 is 0 Å². The van der Waals surface area contributed by atoms with Crippen LogP contribution in [0.2, 0.25) is 0 Å². The quantitative estimate of drug-likeness (QED) is 0.721. The van der Waals surface area contributed by atoms with Crippen molar-refractivity contribution in [2.24, 2.45) is 0 Å². The second-order valence-corrected chi connectivity index (χ2v) is 5.77. The average molecular weight is 292 g/mol. The molecule has 1 aromatic heterocycles. The first kappa shape index (κ1) is 17.4. The minimum absolute atomic E-state index is 0.132. The summed E-state index contributed by atoms with van der Waals surface area (Å²) < 4.78 is 0. The highest BCUT2D eigenvalue weighted by atomic mass is 16.2. The number of hydrogen-bond acceptors (Lipinski definition) is 4. The molecule has 0 bridgehead atoms. The van der Waals surface area contributed by atoms with E-state index in [4.69, 9.17) is 0 Å². The first-order valence-electron chi connectivity index (χ1n) is 7.85. The average Bonchev–Trinajstić information content (AvgIpc) is 2.46. The van der Waals surface area contributed by atoms with Crippen LogP contribution in [0.5, 0.6) is 0 Å². The van der Waals surface area contributed by atoms with Crippen molar-refractivity contribution < 1.29 is 4.79 Å². The second-order valence-electron chi connectivity index (χ2n) is 5.77. The monoisotopic (exact) mass is 292 g/mol. The topological polar surface area (TPSA) is 66.9 Å². The van der Waals surface area contributed by atoms with Gasteiger partial charge in [-0.05, 0) is 13.3 Å². The summed E-state index contributed by atoms with van der Waals surface area (Å²) in [5.74, 6) is 0.759. The highest BCUT2D eigenvalue weighted by molar-refractivity contribution is 5.97. The van der Waals surface area contributed by atoms with Crippen LogP contribution in [0.3, 0.4) is 0 Å².